The molecule has 0 bridgehead atoms. The van der Waals surface area contributed by atoms with Crippen LogP contribution < -0.4 is 0 Å². The topological polar surface area (TPSA) is 84.1 Å². The zero-order valence-electron chi connectivity index (χ0n) is 12.2. The lowest BCUT2D eigenvalue weighted by Gasteiger charge is -2.17. The van der Waals surface area contributed by atoms with Gasteiger partial charge in [0, 0.05) is 11.8 Å². The van der Waals surface area contributed by atoms with Gasteiger partial charge in [-0.2, -0.15) is 4.98 Å². The Kier molecular flexibility index (Phi) is 4.14. The number of aromatic hydroxyl groups is 1. The van der Waals surface area contributed by atoms with Crippen molar-refractivity contribution in [3.8, 4) is 17.3 Å². The molecule has 0 fully saturated rings. The molecule has 1 atom stereocenters. The standard InChI is InChI=1S/C15H14ClFN4O2/c1-2-9(7-22)21-13-12(11-4-3-8(17)5-18-11)10(16)6-19-14(13)20-15(21)23/h3-6,9,22H,2,7H2,1H3,(H,19,20,23)/t9-/m1/s1. The summed E-state index contributed by atoms with van der Waals surface area (Å²) >= 11 is 6.27. The summed E-state index contributed by atoms with van der Waals surface area (Å²) in [7, 11) is 0. The molecule has 6 nitrogen and oxygen atoms in total. The Morgan fingerprint density at radius 2 is 2.09 bits per heavy atom. The Morgan fingerprint density at radius 1 is 1.30 bits per heavy atom. The van der Waals surface area contributed by atoms with Gasteiger partial charge in [0.25, 0.3) is 6.01 Å². The SMILES string of the molecule is CC[C@H](CO)n1c(O)nc2ncc(Cl)c(-c3ccc(F)cn3)c21. The van der Waals surface area contributed by atoms with Gasteiger partial charge in [0.1, 0.15) is 11.3 Å². The van der Waals surface area contributed by atoms with Gasteiger partial charge in [0.2, 0.25) is 0 Å². The highest BCUT2D eigenvalue weighted by atomic mass is 35.5. The average molecular weight is 337 g/mol. The van der Waals surface area contributed by atoms with Crippen molar-refractivity contribution in [1.82, 2.24) is 19.5 Å². The first-order valence-electron chi connectivity index (χ1n) is 7.05. The molecule has 0 saturated carbocycles. The summed E-state index contributed by atoms with van der Waals surface area (Å²) in [5.74, 6) is -0.465. The summed E-state index contributed by atoms with van der Waals surface area (Å²) < 4.78 is 14.6. The van der Waals surface area contributed by atoms with E-state index < -0.39 is 5.82 Å². The number of fused-ring (bicyclic) bond motifs is 1. The summed E-state index contributed by atoms with van der Waals surface area (Å²) in [5, 5.41) is 20.0. The largest absolute Gasteiger partial charge is 0.480 e. The van der Waals surface area contributed by atoms with Crippen LogP contribution in [0, 0.1) is 5.82 Å². The maximum absolute atomic E-state index is 13.1. The molecule has 0 aliphatic heterocycles. The molecule has 120 valence electrons. The Labute approximate surface area is 136 Å². The van der Waals surface area contributed by atoms with E-state index in [-0.39, 0.29) is 24.3 Å². The zero-order valence-corrected chi connectivity index (χ0v) is 13.0. The quantitative estimate of drug-likeness (QED) is 0.765. The number of rotatable bonds is 4. The van der Waals surface area contributed by atoms with Crippen molar-refractivity contribution < 1.29 is 14.6 Å². The van der Waals surface area contributed by atoms with Crippen molar-refractivity contribution in [2.45, 2.75) is 19.4 Å². The Morgan fingerprint density at radius 3 is 2.70 bits per heavy atom. The molecule has 3 rings (SSSR count). The highest BCUT2D eigenvalue weighted by Gasteiger charge is 2.23. The van der Waals surface area contributed by atoms with Crippen molar-refractivity contribution in [2.24, 2.45) is 0 Å². The van der Waals surface area contributed by atoms with Crippen molar-refractivity contribution >= 4 is 22.8 Å². The molecule has 0 radical (unpaired) electrons. The van der Waals surface area contributed by atoms with E-state index >= 15 is 0 Å². The molecule has 0 unspecified atom stereocenters. The van der Waals surface area contributed by atoms with E-state index in [1.165, 1.54) is 22.9 Å². The summed E-state index contributed by atoms with van der Waals surface area (Å²) in [6.07, 6.45) is 3.06. The lowest BCUT2D eigenvalue weighted by Crippen LogP contribution is -2.12. The number of hydrogen-bond donors (Lipinski definition) is 2. The normalized spacial score (nSPS) is 12.7. The highest BCUT2D eigenvalue weighted by molar-refractivity contribution is 6.34. The Hall–Kier alpha value is -2.25. The third kappa shape index (κ3) is 2.62. The molecule has 3 aromatic heterocycles. The monoisotopic (exact) mass is 336 g/mol. The molecule has 8 heteroatoms. The molecule has 3 aromatic rings. The van der Waals surface area contributed by atoms with Gasteiger partial charge in [-0.25, -0.2) is 9.37 Å². The Balaban J connectivity index is 2.36. The summed E-state index contributed by atoms with van der Waals surface area (Å²) in [6.45, 7) is 1.69. The van der Waals surface area contributed by atoms with E-state index in [1.807, 2.05) is 6.92 Å². The van der Waals surface area contributed by atoms with Gasteiger partial charge in [-0.3, -0.25) is 9.55 Å². The van der Waals surface area contributed by atoms with Crippen LogP contribution in [-0.4, -0.2) is 36.3 Å². The second-order valence-corrected chi connectivity index (χ2v) is 5.45. The maximum atomic E-state index is 13.1. The molecule has 0 saturated heterocycles. The van der Waals surface area contributed by atoms with Crippen molar-refractivity contribution in [1.29, 1.82) is 0 Å². The van der Waals surface area contributed by atoms with E-state index in [1.54, 1.807) is 0 Å². The van der Waals surface area contributed by atoms with Crippen LogP contribution in [0.15, 0.2) is 24.5 Å². The first-order valence-corrected chi connectivity index (χ1v) is 7.42. The van der Waals surface area contributed by atoms with Gasteiger partial charge in [0.05, 0.1) is 29.6 Å². The molecule has 0 aromatic carbocycles. The molecular formula is C15H14ClFN4O2. The number of hydrogen-bond acceptors (Lipinski definition) is 5. The van der Waals surface area contributed by atoms with Crippen LogP contribution in [0.1, 0.15) is 19.4 Å². The predicted octanol–water partition coefficient (Wildman–Crippen LogP) is 2.93. The van der Waals surface area contributed by atoms with Crippen molar-refractivity contribution in [2.75, 3.05) is 6.61 Å². The smallest absolute Gasteiger partial charge is 0.296 e. The summed E-state index contributed by atoms with van der Waals surface area (Å²) in [5.41, 5.74) is 1.64. The first kappa shape index (κ1) is 15.6. The van der Waals surface area contributed by atoms with E-state index in [2.05, 4.69) is 15.0 Å². The van der Waals surface area contributed by atoms with Crippen molar-refractivity contribution in [3.05, 3.63) is 35.4 Å². The Bertz CT molecular complexity index is 847. The average Bonchev–Trinajstić information content (AvgIpc) is 2.87. The second-order valence-electron chi connectivity index (χ2n) is 5.04. The molecule has 0 aliphatic rings. The van der Waals surface area contributed by atoms with Gasteiger partial charge in [-0.05, 0) is 18.6 Å². The zero-order chi connectivity index (χ0) is 16.6. The molecule has 2 N–H and O–H groups in total. The van der Waals surface area contributed by atoms with E-state index in [0.717, 1.165) is 6.20 Å². The fraction of sp³-hybridized carbons (Fsp3) is 0.267. The molecule has 0 spiro atoms. The molecular weight excluding hydrogens is 323 g/mol. The third-order valence-electron chi connectivity index (χ3n) is 3.68. The third-order valence-corrected chi connectivity index (χ3v) is 3.97. The van der Waals surface area contributed by atoms with Crippen LogP contribution in [0.5, 0.6) is 6.01 Å². The number of imidazole rings is 1. The van der Waals surface area contributed by atoms with Gasteiger partial charge in [-0.1, -0.05) is 18.5 Å². The van der Waals surface area contributed by atoms with Gasteiger partial charge < -0.3 is 10.2 Å². The second kappa shape index (κ2) is 6.10. The lowest BCUT2D eigenvalue weighted by atomic mass is 10.1. The van der Waals surface area contributed by atoms with Gasteiger partial charge in [0.15, 0.2) is 5.65 Å². The van der Waals surface area contributed by atoms with Gasteiger partial charge >= 0.3 is 0 Å². The van der Waals surface area contributed by atoms with E-state index in [9.17, 15) is 14.6 Å². The highest BCUT2D eigenvalue weighted by Crippen LogP contribution is 2.37. The first-order chi connectivity index (χ1) is 11.1. The number of pyridine rings is 2. The molecule has 0 aliphatic carbocycles. The van der Waals surface area contributed by atoms with Crippen LogP contribution in [0.3, 0.4) is 0 Å². The van der Waals surface area contributed by atoms with Crippen LogP contribution in [0.4, 0.5) is 4.39 Å². The van der Waals surface area contributed by atoms with Gasteiger partial charge in [-0.15, -0.1) is 0 Å². The molecule has 23 heavy (non-hydrogen) atoms. The van der Waals surface area contributed by atoms with E-state index in [4.69, 9.17) is 11.6 Å². The number of halogens is 2. The van der Waals surface area contributed by atoms with Crippen LogP contribution >= 0.6 is 11.6 Å². The summed E-state index contributed by atoms with van der Waals surface area (Å²) in [6, 6.07) is 2.11. The minimum atomic E-state index is -0.465. The van der Waals surface area contributed by atoms with Crippen LogP contribution in [0.25, 0.3) is 22.4 Å². The number of aliphatic hydroxyl groups excluding tert-OH is 1. The minimum Gasteiger partial charge on any atom is -0.480 e. The van der Waals surface area contributed by atoms with Crippen LogP contribution in [0.2, 0.25) is 5.02 Å². The summed E-state index contributed by atoms with van der Waals surface area (Å²) in [4.78, 5) is 12.2. The van der Waals surface area contributed by atoms with E-state index in [0.29, 0.717) is 28.2 Å². The minimum absolute atomic E-state index is 0.182. The van der Waals surface area contributed by atoms with Crippen LogP contribution in [-0.2, 0) is 0 Å². The fourth-order valence-corrected chi connectivity index (χ4v) is 2.77. The number of aliphatic hydroxyl groups is 1. The number of aromatic nitrogens is 4. The maximum Gasteiger partial charge on any atom is 0.296 e. The molecule has 3 heterocycles. The molecule has 0 amide bonds. The number of nitrogens with zero attached hydrogens (tertiary/aromatic N) is 4. The fourth-order valence-electron chi connectivity index (χ4n) is 2.53. The lowest BCUT2D eigenvalue weighted by molar-refractivity contribution is 0.216. The van der Waals surface area contributed by atoms with Crippen molar-refractivity contribution in [3.63, 3.8) is 0 Å². The predicted molar refractivity (Wildman–Crippen MR) is 83.8 cm³/mol.